The fourth-order valence-electron chi connectivity index (χ4n) is 3.48. The summed E-state index contributed by atoms with van der Waals surface area (Å²) in [7, 11) is 5.15. The molecule has 0 aliphatic carbocycles. The van der Waals surface area contributed by atoms with Crippen molar-refractivity contribution in [2.45, 2.75) is 25.4 Å². The van der Waals surface area contributed by atoms with Crippen LogP contribution in [-0.4, -0.2) is 46.4 Å². The van der Waals surface area contributed by atoms with Gasteiger partial charge in [0, 0.05) is 61.6 Å². The number of aliphatic imine (C=N–C) groups is 1. The molecule has 1 aliphatic rings. The topological polar surface area (TPSA) is 58.1 Å². The molecule has 1 saturated heterocycles. The van der Waals surface area contributed by atoms with Gasteiger partial charge in [0.1, 0.15) is 11.5 Å². The molecule has 7 heteroatoms. The molecular weight excluding hydrogens is 388 g/mol. The van der Waals surface area contributed by atoms with Crippen molar-refractivity contribution in [3.8, 4) is 11.5 Å². The molecule has 29 heavy (non-hydrogen) atoms. The van der Waals surface area contributed by atoms with Crippen LogP contribution in [0.2, 0.25) is 5.02 Å². The summed E-state index contributed by atoms with van der Waals surface area (Å²) in [6.45, 7) is 2.60. The number of nitrogens with zero attached hydrogens (tertiary/aromatic N) is 2. The second-order valence-corrected chi connectivity index (χ2v) is 7.47. The van der Waals surface area contributed by atoms with Crippen LogP contribution >= 0.6 is 11.6 Å². The first-order valence-corrected chi connectivity index (χ1v) is 10.2. The molecule has 2 aromatic carbocycles. The highest BCUT2D eigenvalue weighted by Crippen LogP contribution is 2.30. The maximum atomic E-state index is 6.06. The van der Waals surface area contributed by atoms with Crippen molar-refractivity contribution in [2.75, 3.05) is 39.3 Å². The van der Waals surface area contributed by atoms with E-state index in [2.05, 4.69) is 32.7 Å². The number of ether oxygens (including phenoxy) is 2. The Bertz CT molecular complexity index is 813. The highest BCUT2D eigenvalue weighted by molar-refractivity contribution is 6.30. The minimum absolute atomic E-state index is 0.379. The summed E-state index contributed by atoms with van der Waals surface area (Å²) in [5.41, 5.74) is 2.25. The normalized spacial score (nSPS) is 15.2. The Morgan fingerprint density at radius 1 is 1.10 bits per heavy atom. The molecule has 0 amide bonds. The molecule has 3 rings (SSSR count). The zero-order chi connectivity index (χ0) is 20.6. The largest absolute Gasteiger partial charge is 0.497 e. The number of nitrogens with one attached hydrogen (secondary N) is 2. The van der Waals surface area contributed by atoms with Crippen LogP contribution in [0.15, 0.2) is 47.5 Å². The van der Waals surface area contributed by atoms with Gasteiger partial charge in [0.25, 0.3) is 0 Å². The molecule has 1 fully saturated rings. The highest BCUT2D eigenvalue weighted by atomic mass is 35.5. The van der Waals surface area contributed by atoms with Crippen LogP contribution < -0.4 is 25.0 Å². The molecule has 156 valence electrons. The van der Waals surface area contributed by atoms with Gasteiger partial charge in [-0.1, -0.05) is 23.7 Å². The number of methoxy groups -OCH3 is 2. The molecule has 0 aromatic heterocycles. The van der Waals surface area contributed by atoms with Crippen molar-refractivity contribution in [2.24, 2.45) is 4.99 Å². The molecule has 0 atom stereocenters. The van der Waals surface area contributed by atoms with Crippen molar-refractivity contribution in [3.63, 3.8) is 0 Å². The number of halogens is 1. The number of piperidine rings is 1. The number of hydrogen-bond donors (Lipinski definition) is 2. The van der Waals surface area contributed by atoms with E-state index in [-0.39, 0.29) is 0 Å². The molecule has 0 spiro atoms. The maximum Gasteiger partial charge on any atom is 0.191 e. The van der Waals surface area contributed by atoms with Gasteiger partial charge in [0.15, 0.2) is 5.96 Å². The lowest BCUT2D eigenvalue weighted by molar-refractivity contribution is 0.393. The van der Waals surface area contributed by atoms with E-state index < -0.39 is 0 Å². The zero-order valence-electron chi connectivity index (χ0n) is 17.2. The monoisotopic (exact) mass is 416 g/mol. The van der Waals surface area contributed by atoms with E-state index in [1.54, 1.807) is 21.3 Å². The minimum Gasteiger partial charge on any atom is -0.497 e. The average Bonchev–Trinajstić information content (AvgIpc) is 2.76. The van der Waals surface area contributed by atoms with Crippen LogP contribution in [-0.2, 0) is 6.54 Å². The summed E-state index contributed by atoms with van der Waals surface area (Å²) < 4.78 is 10.8. The smallest absolute Gasteiger partial charge is 0.191 e. The van der Waals surface area contributed by atoms with Gasteiger partial charge < -0.3 is 25.0 Å². The van der Waals surface area contributed by atoms with Crippen LogP contribution in [0, 0.1) is 0 Å². The van der Waals surface area contributed by atoms with E-state index in [4.69, 9.17) is 21.1 Å². The van der Waals surface area contributed by atoms with Gasteiger partial charge in [-0.2, -0.15) is 0 Å². The second kappa shape index (κ2) is 10.3. The minimum atomic E-state index is 0.379. The van der Waals surface area contributed by atoms with Crippen molar-refractivity contribution in [3.05, 3.63) is 53.1 Å². The molecular formula is C22H29ClN4O2. The molecule has 0 saturated carbocycles. The van der Waals surface area contributed by atoms with Crippen LogP contribution in [0.25, 0.3) is 0 Å². The van der Waals surface area contributed by atoms with E-state index in [0.717, 1.165) is 59.7 Å². The van der Waals surface area contributed by atoms with Crippen LogP contribution in [0.4, 0.5) is 5.69 Å². The third-order valence-corrected chi connectivity index (χ3v) is 5.34. The first kappa shape index (κ1) is 21.1. The first-order valence-electron chi connectivity index (χ1n) is 9.81. The molecule has 1 heterocycles. The van der Waals surface area contributed by atoms with Crippen molar-refractivity contribution >= 4 is 23.2 Å². The lowest BCUT2D eigenvalue weighted by Gasteiger charge is -2.34. The quantitative estimate of drug-likeness (QED) is 0.555. The number of hydrogen-bond acceptors (Lipinski definition) is 4. The Kier molecular flexibility index (Phi) is 7.47. The highest BCUT2D eigenvalue weighted by Gasteiger charge is 2.21. The molecule has 2 N–H and O–H groups in total. The number of guanidine groups is 1. The van der Waals surface area contributed by atoms with E-state index in [1.807, 2.05) is 30.3 Å². The van der Waals surface area contributed by atoms with Crippen molar-refractivity contribution in [1.82, 2.24) is 10.6 Å². The standard InChI is InChI=1S/C22H29ClN4O2/c1-24-22(25-15-16-5-4-6-17(23)11-16)26-18-7-9-27(10-8-18)19-12-20(28-2)14-21(13-19)29-3/h4-6,11-14,18H,7-10,15H2,1-3H3,(H2,24,25,26). The maximum absolute atomic E-state index is 6.06. The Morgan fingerprint density at radius 2 is 1.79 bits per heavy atom. The third-order valence-electron chi connectivity index (χ3n) is 5.11. The van der Waals surface area contributed by atoms with Gasteiger partial charge >= 0.3 is 0 Å². The predicted octanol–water partition coefficient (Wildman–Crippen LogP) is 3.69. The van der Waals surface area contributed by atoms with Crippen LogP contribution in [0.5, 0.6) is 11.5 Å². The molecule has 0 radical (unpaired) electrons. The molecule has 2 aromatic rings. The fraction of sp³-hybridized carbons (Fsp3) is 0.409. The Balaban J connectivity index is 1.52. The van der Waals surface area contributed by atoms with Crippen LogP contribution in [0.3, 0.4) is 0 Å². The van der Waals surface area contributed by atoms with E-state index in [0.29, 0.717) is 12.6 Å². The molecule has 6 nitrogen and oxygen atoms in total. The summed E-state index contributed by atoms with van der Waals surface area (Å²) in [5, 5.41) is 7.65. The van der Waals surface area contributed by atoms with E-state index >= 15 is 0 Å². The fourth-order valence-corrected chi connectivity index (χ4v) is 3.69. The third kappa shape index (κ3) is 5.94. The van der Waals surface area contributed by atoms with Crippen LogP contribution in [0.1, 0.15) is 18.4 Å². The Hall–Kier alpha value is -2.60. The lowest BCUT2D eigenvalue weighted by atomic mass is 10.0. The first-order chi connectivity index (χ1) is 14.1. The van der Waals surface area contributed by atoms with Gasteiger partial charge in [-0.25, -0.2) is 0 Å². The Morgan fingerprint density at radius 3 is 2.38 bits per heavy atom. The molecule has 1 aliphatic heterocycles. The number of benzene rings is 2. The van der Waals surface area contributed by atoms with Gasteiger partial charge in [-0.05, 0) is 30.5 Å². The summed E-state index contributed by atoms with van der Waals surface area (Å²) >= 11 is 6.06. The zero-order valence-corrected chi connectivity index (χ0v) is 18.0. The van der Waals surface area contributed by atoms with E-state index in [9.17, 15) is 0 Å². The second-order valence-electron chi connectivity index (χ2n) is 7.03. The summed E-state index contributed by atoms with van der Waals surface area (Å²) in [5.74, 6) is 2.43. The Labute approximate surface area is 177 Å². The van der Waals surface area contributed by atoms with E-state index in [1.165, 1.54) is 0 Å². The summed E-state index contributed by atoms with van der Waals surface area (Å²) in [4.78, 5) is 6.72. The lowest BCUT2D eigenvalue weighted by Crippen LogP contribution is -2.48. The van der Waals surface area contributed by atoms with Gasteiger partial charge in [0.2, 0.25) is 0 Å². The van der Waals surface area contributed by atoms with Gasteiger partial charge in [-0.15, -0.1) is 0 Å². The van der Waals surface area contributed by atoms with Crippen molar-refractivity contribution in [1.29, 1.82) is 0 Å². The number of anilines is 1. The van der Waals surface area contributed by atoms with Crippen molar-refractivity contribution < 1.29 is 9.47 Å². The van der Waals surface area contributed by atoms with Gasteiger partial charge in [0.05, 0.1) is 14.2 Å². The SMILES string of the molecule is CN=C(NCc1cccc(Cl)c1)NC1CCN(c2cc(OC)cc(OC)c2)CC1. The summed E-state index contributed by atoms with van der Waals surface area (Å²) in [6, 6.07) is 14.2. The predicted molar refractivity (Wildman–Crippen MR) is 120 cm³/mol. The molecule has 0 unspecified atom stereocenters. The summed E-state index contributed by atoms with van der Waals surface area (Å²) in [6.07, 6.45) is 2.05. The number of rotatable bonds is 6. The molecule has 0 bridgehead atoms. The average molecular weight is 417 g/mol. The van der Waals surface area contributed by atoms with Gasteiger partial charge in [-0.3, -0.25) is 4.99 Å².